The molecule has 1 aliphatic heterocycles. The average molecular weight is 434 g/mol. The number of nitrogens with zero attached hydrogens (tertiary/aromatic N) is 1. The molecule has 1 atom stereocenters. The van der Waals surface area contributed by atoms with Crippen molar-refractivity contribution in [3.8, 4) is 6.07 Å². The Balaban J connectivity index is 1.64. The van der Waals surface area contributed by atoms with Gasteiger partial charge in [0.1, 0.15) is 6.07 Å². The molecule has 8 heteroatoms. The van der Waals surface area contributed by atoms with Crippen LogP contribution >= 0.6 is 0 Å². The van der Waals surface area contributed by atoms with E-state index in [-0.39, 0.29) is 23.0 Å². The third kappa shape index (κ3) is 5.34. The Bertz CT molecular complexity index is 869. The molecule has 30 heavy (non-hydrogen) atoms. The summed E-state index contributed by atoms with van der Waals surface area (Å²) in [7, 11) is -3.68. The van der Waals surface area contributed by atoms with Gasteiger partial charge in [0.15, 0.2) is 0 Å². The zero-order valence-corrected chi connectivity index (χ0v) is 18.2. The molecule has 0 radical (unpaired) electrons. The van der Waals surface area contributed by atoms with E-state index in [2.05, 4.69) is 22.7 Å². The Morgan fingerprint density at radius 3 is 2.80 bits per heavy atom. The van der Waals surface area contributed by atoms with Crippen LogP contribution in [0.5, 0.6) is 0 Å². The number of benzene rings is 1. The van der Waals surface area contributed by atoms with E-state index in [9.17, 15) is 13.7 Å². The largest absolute Gasteiger partial charge is 0.502 e. The van der Waals surface area contributed by atoms with Gasteiger partial charge in [0.05, 0.1) is 35.1 Å². The molecule has 1 heterocycles. The standard InChI is InChI=1S/C22H31N3O4S/c1-2-28-13-6-12-25-30(26,27)19-8-9-20(18(15-19)16-23)24-17-22(10-5-11-22)21-7-3-4-14-29-21/h2,8-9,15,21,24-25H,1,3-7,10-14,17H2. The van der Waals surface area contributed by atoms with E-state index in [1.807, 2.05) is 0 Å². The topological polar surface area (TPSA) is 100 Å². The molecular formula is C22H31N3O4S. The van der Waals surface area contributed by atoms with Crippen LogP contribution in [0.3, 0.4) is 0 Å². The summed E-state index contributed by atoms with van der Waals surface area (Å²) in [6.07, 6.45) is 9.00. The molecule has 1 aromatic rings. The Labute approximate surface area is 179 Å². The molecule has 1 saturated carbocycles. The first kappa shape index (κ1) is 22.6. The summed E-state index contributed by atoms with van der Waals surface area (Å²) in [5.74, 6) is 0. The second-order valence-corrected chi connectivity index (χ2v) is 9.80. The second-order valence-electron chi connectivity index (χ2n) is 8.03. The number of rotatable bonds is 11. The number of ether oxygens (including phenoxy) is 2. The summed E-state index contributed by atoms with van der Waals surface area (Å²) in [5, 5.41) is 13.0. The van der Waals surface area contributed by atoms with Crippen LogP contribution < -0.4 is 10.0 Å². The van der Waals surface area contributed by atoms with Crippen molar-refractivity contribution >= 4 is 15.7 Å². The molecule has 0 spiro atoms. The number of anilines is 1. The maximum Gasteiger partial charge on any atom is 0.240 e. The lowest BCUT2D eigenvalue weighted by atomic mass is 9.63. The fourth-order valence-electron chi connectivity index (χ4n) is 4.20. The van der Waals surface area contributed by atoms with Gasteiger partial charge in [0, 0.05) is 25.1 Å². The summed E-state index contributed by atoms with van der Waals surface area (Å²) in [6, 6.07) is 6.77. The predicted octanol–water partition coefficient (Wildman–Crippen LogP) is 3.54. The van der Waals surface area contributed by atoms with Gasteiger partial charge in [-0.05, 0) is 56.7 Å². The summed E-state index contributed by atoms with van der Waals surface area (Å²) < 4.78 is 38.6. The third-order valence-corrected chi connectivity index (χ3v) is 7.57. The molecule has 7 nitrogen and oxygen atoms in total. The van der Waals surface area contributed by atoms with Crippen LogP contribution in [0, 0.1) is 16.7 Å². The highest BCUT2D eigenvalue weighted by Crippen LogP contribution is 2.47. The molecule has 1 aliphatic carbocycles. The van der Waals surface area contributed by atoms with Gasteiger partial charge in [-0.15, -0.1) is 0 Å². The smallest absolute Gasteiger partial charge is 0.240 e. The first-order valence-electron chi connectivity index (χ1n) is 10.6. The normalized spacial score (nSPS) is 20.6. The van der Waals surface area contributed by atoms with E-state index in [0.29, 0.717) is 24.3 Å². The maximum atomic E-state index is 12.5. The molecule has 1 unspecified atom stereocenters. The van der Waals surface area contributed by atoms with Crippen molar-refractivity contribution in [2.75, 3.05) is 31.6 Å². The molecule has 0 bridgehead atoms. The number of nitriles is 1. The lowest BCUT2D eigenvalue weighted by Gasteiger charge is -2.49. The Kier molecular flexibility index (Phi) is 7.75. The van der Waals surface area contributed by atoms with Gasteiger partial charge in [-0.1, -0.05) is 13.0 Å². The van der Waals surface area contributed by atoms with Crippen LogP contribution in [0.1, 0.15) is 50.5 Å². The van der Waals surface area contributed by atoms with E-state index in [1.54, 1.807) is 6.07 Å². The molecule has 1 aromatic carbocycles. The van der Waals surface area contributed by atoms with E-state index in [1.165, 1.54) is 31.2 Å². The summed E-state index contributed by atoms with van der Waals surface area (Å²) in [4.78, 5) is 0.0863. The van der Waals surface area contributed by atoms with E-state index >= 15 is 0 Å². The lowest BCUT2D eigenvalue weighted by Crippen LogP contribution is -2.49. The Morgan fingerprint density at radius 1 is 1.33 bits per heavy atom. The van der Waals surface area contributed by atoms with E-state index in [4.69, 9.17) is 9.47 Å². The summed E-state index contributed by atoms with van der Waals surface area (Å²) in [6.45, 7) is 5.65. The first-order chi connectivity index (χ1) is 14.5. The van der Waals surface area contributed by atoms with Crippen LogP contribution in [0.4, 0.5) is 5.69 Å². The monoisotopic (exact) mass is 433 g/mol. The average Bonchev–Trinajstić information content (AvgIpc) is 2.73. The molecule has 1 saturated heterocycles. The zero-order chi connectivity index (χ0) is 21.5. The fraction of sp³-hybridized carbons (Fsp3) is 0.591. The summed E-state index contributed by atoms with van der Waals surface area (Å²) in [5.41, 5.74) is 1.11. The highest BCUT2D eigenvalue weighted by molar-refractivity contribution is 7.89. The molecule has 0 amide bonds. The van der Waals surface area contributed by atoms with E-state index < -0.39 is 10.0 Å². The van der Waals surface area contributed by atoms with Crippen LogP contribution in [-0.4, -0.2) is 40.8 Å². The number of sulfonamides is 1. The van der Waals surface area contributed by atoms with Gasteiger partial charge in [-0.25, -0.2) is 13.1 Å². The quantitative estimate of drug-likeness (QED) is 0.409. The van der Waals surface area contributed by atoms with Crippen molar-refractivity contribution in [3.63, 3.8) is 0 Å². The fourth-order valence-corrected chi connectivity index (χ4v) is 5.30. The van der Waals surface area contributed by atoms with Gasteiger partial charge >= 0.3 is 0 Å². The Morgan fingerprint density at radius 2 is 2.17 bits per heavy atom. The highest BCUT2D eigenvalue weighted by Gasteiger charge is 2.45. The van der Waals surface area contributed by atoms with Crippen molar-refractivity contribution in [1.82, 2.24) is 4.72 Å². The molecule has 2 N–H and O–H groups in total. The van der Waals surface area contributed by atoms with Gasteiger partial charge in [0.2, 0.25) is 10.0 Å². The van der Waals surface area contributed by atoms with Gasteiger partial charge in [0.25, 0.3) is 0 Å². The van der Waals surface area contributed by atoms with Crippen LogP contribution in [-0.2, 0) is 19.5 Å². The number of hydrogen-bond donors (Lipinski definition) is 2. The minimum absolute atomic E-state index is 0.0863. The molecule has 164 valence electrons. The molecule has 3 rings (SSSR count). The second kappa shape index (κ2) is 10.3. The van der Waals surface area contributed by atoms with Crippen molar-refractivity contribution in [2.24, 2.45) is 5.41 Å². The molecule has 0 aromatic heterocycles. The minimum atomic E-state index is -3.68. The first-order valence-corrected chi connectivity index (χ1v) is 12.1. The summed E-state index contributed by atoms with van der Waals surface area (Å²) >= 11 is 0. The third-order valence-electron chi connectivity index (χ3n) is 6.11. The SMILES string of the molecule is C=COCCCNS(=O)(=O)c1ccc(NCC2(C3CCCCO3)CCC2)c(C#N)c1. The molecule has 2 fully saturated rings. The number of hydrogen-bond acceptors (Lipinski definition) is 6. The van der Waals surface area contributed by atoms with Crippen molar-refractivity contribution in [3.05, 3.63) is 36.6 Å². The van der Waals surface area contributed by atoms with Crippen molar-refractivity contribution in [1.29, 1.82) is 5.26 Å². The van der Waals surface area contributed by atoms with Gasteiger partial charge in [-0.3, -0.25) is 0 Å². The van der Waals surface area contributed by atoms with Crippen LogP contribution in [0.15, 0.2) is 35.9 Å². The molecular weight excluding hydrogens is 402 g/mol. The van der Waals surface area contributed by atoms with Gasteiger partial charge < -0.3 is 14.8 Å². The maximum absolute atomic E-state index is 12.5. The van der Waals surface area contributed by atoms with Crippen LogP contribution in [0.2, 0.25) is 0 Å². The lowest BCUT2D eigenvalue weighted by molar-refractivity contribution is -0.0969. The highest BCUT2D eigenvalue weighted by atomic mass is 32.2. The van der Waals surface area contributed by atoms with E-state index in [0.717, 1.165) is 38.8 Å². The minimum Gasteiger partial charge on any atom is -0.502 e. The number of nitrogens with one attached hydrogen (secondary N) is 2. The molecule has 2 aliphatic rings. The van der Waals surface area contributed by atoms with Crippen molar-refractivity contribution in [2.45, 2.75) is 55.9 Å². The van der Waals surface area contributed by atoms with Crippen molar-refractivity contribution < 1.29 is 17.9 Å². The zero-order valence-electron chi connectivity index (χ0n) is 17.4. The van der Waals surface area contributed by atoms with Crippen LogP contribution in [0.25, 0.3) is 0 Å². The van der Waals surface area contributed by atoms with Gasteiger partial charge in [-0.2, -0.15) is 5.26 Å². The predicted molar refractivity (Wildman–Crippen MR) is 115 cm³/mol. The Hall–Kier alpha value is -2.08.